The van der Waals surface area contributed by atoms with Gasteiger partial charge in [0.25, 0.3) is 0 Å². The third-order valence-electron chi connectivity index (χ3n) is 5.22. The first-order chi connectivity index (χ1) is 12.8. The molecule has 1 aliphatic rings. The second-order valence-corrected chi connectivity index (χ2v) is 6.79. The molecule has 0 spiro atoms. The summed E-state index contributed by atoms with van der Waals surface area (Å²) in [5, 5.41) is 0. The van der Waals surface area contributed by atoms with Crippen LogP contribution in [0.15, 0.2) is 104 Å². The number of hydrogen-bond donors (Lipinski definition) is 0. The van der Waals surface area contributed by atoms with Gasteiger partial charge >= 0.3 is 0 Å². The van der Waals surface area contributed by atoms with Gasteiger partial charge in [0.1, 0.15) is 0 Å². The van der Waals surface area contributed by atoms with E-state index in [0.717, 1.165) is 0 Å². The highest BCUT2D eigenvalue weighted by Crippen LogP contribution is 2.64. The smallest absolute Gasteiger partial charge is 0.0447 e. The normalized spacial score (nSPS) is 15.3. The lowest BCUT2D eigenvalue weighted by Crippen LogP contribution is -2.10. The Hall–Kier alpha value is -3.12. The molecule has 0 amide bonds. The molecule has 3 aromatic carbocycles. The standard InChI is InChI=1S/C26H22/c1-3-4-13-20-14-11-12-19-23(20)26(2)24(21-15-7-5-8-16-21)25(26)22-17-9-6-10-18-22/h3-19H,1H2,2H3/b13-4+. The minimum absolute atomic E-state index is 0.0786. The van der Waals surface area contributed by atoms with Crippen LogP contribution in [-0.2, 0) is 5.41 Å². The van der Waals surface area contributed by atoms with Crippen LogP contribution in [0, 0.1) is 0 Å². The van der Waals surface area contributed by atoms with E-state index in [-0.39, 0.29) is 5.41 Å². The fraction of sp³-hybridized carbons (Fsp3) is 0.0769. The van der Waals surface area contributed by atoms with Gasteiger partial charge in [-0.05, 0) is 40.3 Å². The highest BCUT2D eigenvalue weighted by Gasteiger charge is 2.52. The maximum atomic E-state index is 3.81. The summed E-state index contributed by atoms with van der Waals surface area (Å²) in [5.74, 6) is 0. The largest absolute Gasteiger partial charge is 0.0991 e. The Kier molecular flexibility index (Phi) is 4.18. The predicted molar refractivity (Wildman–Crippen MR) is 113 cm³/mol. The summed E-state index contributed by atoms with van der Waals surface area (Å²) in [7, 11) is 0. The lowest BCUT2D eigenvalue weighted by atomic mass is 9.84. The molecule has 4 rings (SSSR count). The maximum Gasteiger partial charge on any atom is 0.0447 e. The number of rotatable bonds is 5. The zero-order valence-electron chi connectivity index (χ0n) is 15.0. The second kappa shape index (κ2) is 6.65. The van der Waals surface area contributed by atoms with E-state index in [1.54, 1.807) is 0 Å². The van der Waals surface area contributed by atoms with Gasteiger partial charge < -0.3 is 0 Å². The molecule has 0 aromatic heterocycles. The highest BCUT2D eigenvalue weighted by atomic mass is 14.5. The van der Waals surface area contributed by atoms with Crippen molar-refractivity contribution in [2.45, 2.75) is 12.3 Å². The maximum absolute atomic E-state index is 3.81. The van der Waals surface area contributed by atoms with Crippen LogP contribution < -0.4 is 0 Å². The molecule has 0 unspecified atom stereocenters. The predicted octanol–water partition coefficient (Wildman–Crippen LogP) is 6.77. The molecule has 0 saturated heterocycles. The van der Waals surface area contributed by atoms with Crippen molar-refractivity contribution < 1.29 is 0 Å². The van der Waals surface area contributed by atoms with E-state index < -0.39 is 0 Å². The van der Waals surface area contributed by atoms with Gasteiger partial charge in [0.2, 0.25) is 0 Å². The number of allylic oxidation sites excluding steroid dienone is 4. The summed E-state index contributed by atoms with van der Waals surface area (Å²) < 4.78 is 0. The molecule has 0 N–H and O–H groups in total. The fourth-order valence-electron chi connectivity index (χ4n) is 3.99. The van der Waals surface area contributed by atoms with Crippen molar-refractivity contribution >= 4 is 17.2 Å². The zero-order valence-corrected chi connectivity index (χ0v) is 15.0. The monoisotopic (exact) mass is 334 g/mol. The highest BCUT2D eigenvalue weighted by molar-refractivity contribution is 6.19. The second-order valence-electron chi connectivity index (χ2n) is 6.79. The molecular formula is C26H22. The molecular weight excluding hydrogens is 312 g/mol. The van der Waals surface area contributed by atoms with Crippen LogP contribution in [0.3, 0.4) is 0 Å². The average molecular weight is 334 g/mol. The quantitative estimate of drug-likeness (QED) is 0.452. The molecule has 0 fully saturated rings. The molecule has 0 saturated carbocycles. The summed E-state index contributed by atoms with van der Waals surface area (Å²) in [4.78, 5) is 0. The van der Waals surface area contributed by atoms with E-state index in [2.05, 4.69) is 105 Å². The third-order valence-corrected chi connectivity index (χ3v) is 5.22. The molecule has 0 heterocycles. The zero-order chi connectivity index (χ0) is 18.0. The van der Waals surface area contributed by atoms with E-state index in [0.29, 0.717) is 0 Å². The molecule has 0 nitrogen and oxygen atoms in total. The van der Waals surface area contributed by atoms with Gasteiger partial charge in [0, 0.05) is 5.41 Å². The van der Waals surface area contributed by atoms with E-state index in [1.807, 2.05) is 12.2 Å². The van der Waals surface area contributed by atoms with Crippen LogP contribution in [0.25, 0.3) is 17.2 Å². The lowest BCUT2D eigenvalue weighted by Gasteiger charge is -2.19. The van der Waals surface area contributed by atoms with Gasteiger partial charge in [-0.25, -0.2) is 0 Å². The Morgan fingerprint density at radius 2 is 1.19 bits per heavy atom. The van der Waals surface area contributed by atoms with Crippen LogP contribution in [0.2, 0.25) is 0 Å². The minimum Gasteiger partial charge on any atom is -0.0991 e. The first-order valence-electron chi connectivity index (χ1n) is 9.01. The van der Waals surface area contributed by atoms with Crippen molar-refractivity contribution in [1.82, 2.24) is 0 Å². The van der Waals surface area contributed by atoms with E-state index in [9.17, 15) is 0 Å². The average Bonchev–Trinajstić information content (AvgIpc) is 3.34. The molecule has 3 aromatic rings. The minimum atomic E-state index is -0.0786. The van der Waals surface area contributed by atoms with E-state index in [4.69, 9.17) is 0 Å². The Morgan fingerprint density at radius 1 is 0.692 bits per heavy atom. The lowest BCUT2D eigenvalue weighted by molar-refractivity contribution is 0.893. The van der Waals surface area contributed by atoms with Crippen molar-refractivity contribution in [3.8, 4) is 0 Å². The Bertz CT molecular complexity index is 939. The van der Waals surface area contributed by atoms with E-state index >= 15 is 0 Å². The van der Waals surface area contributed by atoms with Crippen LogP contribution >= 0.6 is 0 Å². The molecule has 0 heteroatoms. The molecule has 0 bridgehead atoms. The number of benzene rings is 3. The van der Waals surface area contributed by atoms with Crippen LogP contribution in [0.1, 0.15) is 29.2 Å². The van der Waals surface area contributed by atoms with Gasteiger partial charge in [-0.15, -0.1) is 0 Å². The summed E-state index contributed by atoms with van der Waals surface area (Å²) >= 11 is 0. The first-order valence-corrected chi connectivity index (χ1v) is 9.01. The van der Waals surface area contributed by atoms with Gasteiger partial charge in [-0.2, -0.15) is 0 Å². The Morgan fingerprint density at radius 3 is 1.73 bits per heavy atom. The third kappa shape index (κ3) is 2.64. The fourth-order valence-corrected chi connectivity index (χ4v) is 3.99. The van der Waals surface area contributed by atoms with Crippen molar-refractivity contribution in [1.29, 1.82) is 0 Å². The van der Waals surface area contributed by atoms with Gasteiger partial charge in [-0.1, -0.05) is 110 Å². The first kappa shape index (κ1) is 16.4. The van der Waals surface area contributed by atoms with Gasteiger partial charge in [0.05, 0.1) is 0 Å². The van der Waals surface area contributed by atoms with Crippen LogP contribution in [0.5, 0.6) is 0 Å². The SMILES string of the molecule is C=C/C=C/c1ccccc1C1(C)C(c2ccccc2)=C1c1ccccc1. The molecule has 0 radical (unpaired) electrons. The van der Waals surface area contributed by atoms with Crippen molar-refractivity contribution in [3.05, 3.63) is 126 Å². The summed E-state index contributed by atoms with van der Waals surface area (Å²) in [6.45, 7) is 6.16. The van der Waals surface area contributed by atoms with E-state index in [1.165, 1.54) is 33.4 Å². The summed E-state index contributed by atoms with van der Waals surface area (Å²) in [5.41, 5.74) is 7.95. The van der Waals surface area contributed by atoms with Gasteiger partial charge in [0.15, 0.2) is 0 Å². The summed E-state index contributed by atoms with van der Waals surface area (Å²) in [6, 6.07) is 30.2. The molecule has 1 aliphatic carbocycles. The number of hydrogen-bond acceptors (Lipinski definition) is 0. The molecule has 26 heavy (non-hydrogen) atoms. The topological polar surface area (TPSA) is 0 Å². The Labute approximate surface area is 155 Å². The van der Waals surface area contributed by atoms with Crippen LogP contribution in [0.4, 0.5) is 0 Å². The molecule has 0 atom stereocenters. The van der Waals surface area contributed by atoms with Crippen molar-refractivity contribution in [2.24, 2.45) is 0 Å². The van der Waals surface area contributed by atoms with Crippen molar-refractivity contribution in [3.63, 3.8) is 0 Å². The summed E-state index contributed by atoms with van der Waals surface area (Å²) in [6.07, 6.45) is 5.99. The van der Waals surface area contributed by atoms with Crippen LogP contribution in [-0.4, -0.2) is 0 Å². The van der Waals surface area contributed by atoms with Gasteiger partial charge in [-0.3, -0.25) is 0 Å². The molecule has 0 aliphatic heterocycles. The molecule has 126 valence electrons. The Balaban J connectivity index is 1.89. The van der Waals surface area contributed by atoms with Crippen molar-refractivity contribution in [2.75, 3.05) is 0 Å².